The van der Waals surface area contributed by atoms with E-state index in [0.717, 1.165) is 55.6 Å². The van der Waals surface area contributed by atoms with E-state index in [2.05, 4.69) is 43.0 Å². The summed E-state index contributed by atoms with van der Waals surface area (Å²) in [5.41, 5.74) is 2.50. The maximum Gasteiger partial charge on any atom is 0.247 e. The van der Waals surface area contributed by atoms with E-state index >= 15 is 0 Å². The number of carbonyl (C=O) groups excluding carboxylic acids is 1. The summed E-state index contributed by atoms with van der Waals surface area (Å²) in [6.45, 7) is 7.02. The minimum Gasteiger partial charge on any atom is -0.454 e. The van der Waals surface area contributed by atoms with Crippen LogP contribution in [0.15, 0.2) is 48.5 Å². The Morgan fingerprint density at radius 1 is 1.09 bits per heavy atom. The minimum atomic E-state index is -0.696. The number of rotatable bonds is 6. The molecule has 1 saturated carbocycles. The molecule has 1 aliphatic carbocycles. The Morgan fingerprint density at radius 3 is 2.63 bits per heavy atom. The SMILES string of the molecule is CCN(CC)c1ccc([C@@H]2[C@H]3CCCC[C@]3(O)CCN2C(=O)/C=C/c2ccc3c(c2)OCO3)cc1. The molecule has 2 fully saturated rings. The quantitative estimate of drug-likeness (QED) is 0.583. The molecule has 0 aromatic heterocycles. The number of fused-ring (bicyclic) bond motifs is 2. The van der Waals surface area contributed by atoms with Crippen LogP contribution in [0.4, 0.5) is 5.69 Å². The summed E-state index contributed by atoms with van der Waals surface area (Å²) in [6, 6.07) is 14.2. The summed E-state index contributed by atoms with van der Waals surface area (Å²) in [7, 11) is 0. The van der Waals surface area contributed by atoms with Gasteiger partial charge in [-0.05, 0) is 74.6 Å². The average molecular weight is 477 g/mol. The zero-order valence-electron chi connectivity index (χ0n) is 20.8. The topological polar surface area (TPSA) is 62.2 Å². The predicted molar refractivity (Wildman–Crippen MR) is 138 cm³/mol. The molecule has 1 amide bonds. The number of carbonyl (C=O) groups is 1. The van der Waals surface area contributed by atoms with Crippen molar-refractivity contribution in [2.45, 2.75) is 57.6 Å². The first-order valence-electron chi connectivity index (χ1n) is 13.0. The summed E-state index contributed by atoms with van der Waals surface area (Å²) in [5.74, 6) is 1.46. The van der Waals surface area contributed by atoms with Crippen molar-refractivity contribution < 1.29 is 19.4 Å². The summed E-state index contributed by atoms with van der Waals surface area (Å²) >= 11 is 0. The molecular weight excluding hydrogens is 440 g/mol. The van der Waals surface area contributed by atoms with E-state index in [4.69, 9.17) is 9.47 Å². The van der Waals surface area contributed by atoms with Crippen molar-refractivity contribution in [3.8, 4) is 11.5 Å². The number of ether oxygens (including phenoxy) is 2. The van der Waals surface area contributed by atoms with Crippen LogP contribution in [0.3, 0.4) is 0 Å². The molecule has 5 rings (SSSR count). The number of aliphatic hydroxyl groups is 1. The fourth-order valence-corrected chi connectivity index (χ4v) is 6.09. The van der Waals surface area contributed by atoms with Gasteiger partial charge in [0.2, 0.25) is 12.7 Å². The Balaban J connectivity index is 1.42. The van der Waals surface area contributed by atoms with Crippen molar-refractivity contribution >= 4 is 17.7 Å². The van der Waals surface area contributed by atoms with Gasteiger partial charge in [-0.25, -0.2) is 0 Å². The lowest BCUT2D eigenvalue weighted by Crippen LogP contribution is -2.56. The number of nitrogens with zero attached hydrogens (tertiary/aromatic N) is 2. The lowest BCUT2D eigenvalue weighted by atomic mass is 9.66. The number of hydrogen-bond acceptors (Lipinski definition) is 5. The molecule has 2 aliphatic heterocycles. The third-order valence-corrected chi connectivity index (χ3v) is 8.03. The highest BCUT2D eigenvalue weighted by Gasteiger charge is 2.49. The second kappa shape index (κ2) is 9.94. The van der Waals surface area contributed by atoms with Crippen LogP contribution in [-0.4, -0.2) is 47.9 Å². The third kappa shape index (κ3) is 4.64. The van der Waals surface area contributed by atoms with E-state index in [-0.39, 0.29) is 24.7 Å². The smallest absolute Gasteiger partial charge is 0.247 e. The van der Waals surface area contributed by atoms with Gasteiger partial charge >= 0.3 is 0 Å². The number of benzene rings is 2. The van der Waals surface area contributed by atoms with Crippen LogP contribution in [0, 0.1) is 5.92 Å². The molecule has 186 valence electrons. The van der Waals surface area contributed by atoms with Crippen molar-refractivity contribution in [1.29, 1.82) is 0 Å². The van der Waals surface area contributed by atoms with Gasteiger partial charge in [0.1, 0.15) is 0 Å². The molecule has 1 N–H and O–H groups in total. The van der Waals surface area contributed by atoms with E-state index in [9.17, 15) is 9.90 Å². The standard InChI is InChI=1S/C29H36N2O4/c1-3-30(4-2)23-12-10-22(11-13-23)28-24-7-5-6-16-29(24,33)17-18-31(28)27(32)15-9-21-8-14-25-26(19-21)35-20-34-25/h8-15,19,24,28,33H,3-7,16-18,20H2,1-2H3/b15-9+/t24-,28-,29+/m1/s1. The van der Waals surface area contributed by atoms with E-state index in [0.29, 0.717) is 18.7 Å². The Kier molecular flexibility index (Phi) is 6.74. The molecule has 1 saturated heterocycles. The Bertz CT molecular complexity index is 1080. The third-order valence-electron chi connectivity index (χ3n) is 8.03. The number of likely N-dealkylation sites (tertiary alicyclic amines) is 1. The van der Waals surface area contributed by atoms with Crippen LogP contribution in [0.5, 0.6) is 11.5 Å². The molecule has 2 aromatic carbocycles. The van der Waals surface area contributed by atoms with E-state index < -0.39 is 5.60 Å². The maximum atomic E-state index is 13.5. The van der Waals surface area contributed by atoms with Crippen LogP contribution < -0.4 is 14.4 Å². The van der Waals surface area contributed by atoms with Crippen LogP contribution in [-0.2, 0) is 4.79 Å². The van der Waals surface area contributed by atoms with Gasteiger partial charge in [-0.2, -0.15) is 0 Å². The highest BCUT2D eigenvalue weighted by molar-refractivity contribution is 5.92. The molecule has 0 spiro atoms. The van der Waals surface area contributed by atoms with Crippen molar-refractivity contribution in [3.05, 3.63) is 59.7 Å². The molecule has 6 nitrogen and oxygen atoms in total. The highest BCUT2D eigenvalue weighted by atomic mass is 16.7. The fourth-order valence-electron chi connectivity index (χ4n) is 6.09. The van der Waals surface area contributed by atoms with E-state index in [1.54, 1.807) is 6.08 Å². The van der Waals surface area contributed by atoms with Crippen LogP contribution >= 0.6 is 0 Å². The first kappa shape index (κ1) is 23.7. The van der Waals surface area contributed by atoms with Gasteiger partial charge < -0.3 is 24.4 Å². The van der Waals surface area contributed by atoms with Gasteiger partial charge in [0.15, 0.2) is 11.5 Å². The number of hydrogen-bond donors (Lipinski definition) is 1. The Hall–Kier alpha value is -2.99. The molecular formula is C29H36N2O4. The van der Waals surface area contributed by atoms with Crippen molar-refractivity contribution in [2.75, 3.05) is 31.3 Å². The van der Waals surface area contributed by atoms with Crippen LogP contribution in [0.25, 0.3) is 6.08 Å². The molecule has 2 aromatic rings. The first-order valence-corrected chi connectivity index (χ1v) is 13.0. The molecule has 0 bridgehead atoms. The van der Waals surface area contributed by atoms with E-state index in [1.165, 1.54) is 5.69 Å². The van der Waals surface area contributed by atoms with Crippen molar-refractivity contribution in [3.63, 3.8) is 0 Å². The highest BCUT2D eigenvalue weighted by Crippen LogP contribution is 2.49. The van der Waals surface area contributed by atoms with Crippen LogP contribution in [0.1, 0.15) is 63.1 Å². The van der Waals surface area contributed by atoms with Gasteiger partial charge in [-0.1, -0.05) is 31.0 Å². The zero-order chi connectivity index (χ0) is 24.4. The van der Waals surface area contributed by atoms with Crippen LogP contribution in [0.2, 0.25) is 0 Å². The van der Waals surface area contributed by atoms with Gasteiger partial charge in [-0.3, -0.25) is 4.79 Å². The molecule has 35 heavy (non-hydrogen) atoms. The summed E-state index contributed by atoms with van der Waals surface area (Å²) in [6.07, 6.45) is 8.04. The number of amides is 1. The first-order chi connectivity index (χ1) is 17.0. The molecule has 6 heteroatoms. The molecule has 0 unspecified atom stereocenters. The van der Waals surface area contributed by atoms with Gasteiger partial charge in [0, 0.05) is 37.3 Å². The number of anilines is 1. The zero-order valence-corrected chi connectivity index (χ0v) is 20.8. The summed E-state index contributed by atoms with van der Waals surface area (Å²) in [5, 5.41) is 11.5. The van der Waals surface area contributed by atoms with Gasteiger partial charge in [0.25, 0.3) is 0 Å². The fraction of sp³-hybridized carbons (Fsp3) is 0.483. The average Bonchev–Trinajstić information content (AvgIpc) is 3.35. The van der Waals surface area contributed by atoms with Gasteiger partial charge in [-0.15, -0.1) is 0 Å². The Labute approximate surface area is 208 Å². The maximum absolute atomic E-state index is 13.5. The van der Waals surface area contributed by atoms with Crippen molar-refractivity contribution in [2.24, 2.45) is 5.92 Å². The lowest BCUT2D eigenvalue weighted by molar-refractivity contribution is -0.150. The Morgan fingerprint density at radius 2 is 1.86 bits per heavy atom. The molecule has 3 aliphatic rings. The summed E-state index contributed by atoms with van der Waals surface area (Å²) < 4.78 is 10.9. The summed E-state index contributed by atoms with van der Waals surface area (Å²) in [4.78, 5) is 17.8. The lowest BCUT2D eigenvalue weighted by Gasteiger charge is -2.52. The monoisotopic (exact) mass is 476 g/mol. The molecule has 0 radical (unpaired) electrons. The molecule has 2 heterocycles. The predicted octanol–water partition coefficient (Wildman–Crippen LogP) is 5.17. The van der Waals surface area contributed by atoms with Crippen molar-refractivity contribution in [1.82, 2.24) is 4.90 Å². The molecule has 3 atom stereocenters. The second-order valence-corrected chi connectivity index (χ2v) is 9.89. The van der Waals surface area contributed by atoms with Gasteiger partial charge in [0.05, 0.1) is 11.6 Å². The van der Waals surface area contributed by atoms with E-state index in [1.807, 2.05) is 29.2 Å². The minimum absolute atomic E-state index is 0.0203. The largest absolute Gasteiger partial charge is 0.454 e. The normalized spacial score (nSPS) is 25.5. The second-order valence-electron chi connectivity index (χ2n) is 9.89. The number of piperidine rings is 1.